The van der Waals surface area contributed by atoms with Crippen molar-refractivity contribution >= 4 is 34.4 Å². The summed E-state index contributed by atoms with van der Waals surface area (Å²) in [6.45, 7) is 1.81. The minimum absolute atomic E-state index is 0.163. The molecule has 0 atom stereocenters. The summed E-state index contributed by atoms with van der Waals surface area (Å²) >= 11 is 1.91. The normalized spacial score (nSPS) is 19.5. The van der Waals surface area contributed by atoms with E-state index in [0.717, 1.165) is 31.3 Å². The zero-order valence-electron chi connectivity index (χ0n) is 18.5. The Morgan fingerprint density at radius 2 is 1.97 bits per heavy atom. The van der Waals surface area contributed by atoms with Crippen molar-refractivity contribution in [1.29, 1.82) is 0 Å². The van der Waals surface area contributed by atoms with Crippen LogP contribution in [0.3, 0.4) is 0 Å². The summed E-state index contributed by atoms with van der Waals surface area (Å²) in [7, 11) is 0. The Morgan fingerprint density at radius 3 is 2.91 bits per heavy atom. The number of fused-ring (bicyclic) bond motifs is 1. The lowest BCUT2D eigenvalue weighted by molar-refractivity contribution is -0.728. The van der Waals surface area contributed by atoms with Crippen LogP contribution >= 0.6 is 11.8 Å². The predicted octanol–water partition coefficient (Wildman–Crippen LogP) is 4.92. The molecule has 4 nitrogen and oxygen atoms in total. The predicted molar refractivity (Wildman–Crippen MR) is 131 cm³/mol. The zero-order chi connectivity index (χ0) is 22.2. The third-order valence-corrected chi connectivity index (χ3v) is 7.86. The molecule has 2 aliphatic heterocycles. The van der Waals surface area contributed by atoms with E-state index in [1.165, 1.54) is 49.7 Å². The van der Waals surface area contributed by atoms with Gasteiger partial charge in [-0.25, -0.2) is 0 Å². The third-order valence-electron chi connectivity index (χ3n) is 6.76. The number of thioether (sulfide) groups is 1. The van der Waals surface area contributed by atoms with E-state index < -0.39 is 0 Å². The summed E-state index contributed by atoms with van der Waals surface area (Å²) in [4.78, 5) is 7.95. The molecule has 0 amide bonds. The molecule has 0 unspecified atom stereocenters. The number of para-hydroxylation sites is 2. The summed E-state index contributed by atoms with van der Waals surface area (Å²) < 4.78 is 2.08. The van der Waals surface area contributed by atoms with Crippen LogP contribution in [0.2, 0.25) is 0 Å². The van der Waals surface area contributed by atoms with Gasteiger partial charge in [0.15, 0.2) is 12.7 Å². The number of pyridine rings is 1. The highest BCUT2D eigenvalue weighted by Gasteiger charge is 2.31. The molecule has 0 spiro atoms. The molecule has 166 valence electrons. The van der Waals surface area contributed by atoms with E-state index in [4.69, 9.17) is 0 Å². The Balaban J connectivity index is 1.32. The first-order chi connectivity index (χ1) is 16.3. The van der Waals surface area contributed by atoms with Gasteiger partial charge in [0.2, 0.25) is 5.52 Å². The molecule has 0 radical (unpaired) electrons. The third kappa shape index (κ3) is 3.90. The first kappa shape index (κ1) is 20.7. The molecule has 3 aromatic rings. The van der Waals surface area contributed by atoms with E-state index in [9.17, 15) is 5.26 Å². The molecule has 3 heterocycles. The second kappa shape index (κ2) is 8.82. The van der Waals surface area contributed by atoms with Crippen LogP contribution in [-0.2, 0) is 17.9 Å². The van der Waals surface area contributed by atoms with Gasteiger partial charge in [-0.15, -0.1) is 0 Å². The monoisotopic (exact) mass is 454 g/mol. The smallest absolute Gasteiger partial charge is 0.213 e. The van der Waals surface area contributed by atoms with Gasteiger partial charge >= 0.3 is 0 Å². The maximum atomic E-state index is 10.5. The Morgan fingerprint density at radius 1 is 1.03 bits per heavy atom. The standard InChI is InChI=1S/C28H26N2O2S/c31-32-16-15-29-13-11-23(24-8-1-2-9-25(24)29)18-20-5-3-6-21(17-20)19-27-30-14-12-22-7-4-10-26(33-27)28(22)30/h1-2,4,7-11,13,17-19H,3,5-6,12,14-16H2. The zero-order valence-corrected chi connectivity index (χ0v) is 19.3. The van der Waals surface area contributed by atoms with Crippen LogP contribution in [0.1, 0.15) is 30.4 Å². The summed E-state index contributed by atoms with van der Waals surface area (Å²) in [6, 6.07) is 17.2. The van der Waals surface area contributed by atoms with Gasteiger partial charge in [0.1, 0.15) is 0 Å². The minimum Gasteiger partial charge on any atom is -0.723 e. The highest BCUT2D eigenvalue weighted by atomic mass is 32.2. The SMILES string of the molecule is [O-]OCC[n+]1ccc(/C=C2C=C(/C=C3\Sc4cccc5c4N3CC5)CCC/2)c2ccccc21. The second-order valence-corrected chi connectivity index (χ2v) is 9.91. The molecule has 0 fully saturated rings. The lowest BCUT2D eigenvalue weighted by Crippen LogP contribution is -2.37. The maximum Gasteiger partial charge on any atom is 0.213 e. The van der Waals surface area contributed by atoms with Crippen molar-refractivity contribution in [2.24, 2.45) is 0 Å². The highest BCUT2D eigenvalue weighted by molar-refractivity contribution is 8.03. The fraction of sp³-hybridized carbons (Fsp3) is 0.250. The fourth-order valence-corrected chi connectivity index (χ4v) is 6.44. The molecule has 5 heteroatoms. The Bertz CT molecular complexity index is 1320. The molecule has 3 aliphatic rings. The van der Waals surface area contributed by atoms with Crippen LogP contribution < -0.4 is 14.7 Å². The number of hydrogen-bond acceptors (Lipinski definition) is 4. The highest BCUT2D eigenvalue weighted by Crippen LogP contribution is 2.51. The molecule has 1 aliphatic carbocycles. The molecule has 33 heavy (non-hydrogen) atoms. The van der Waals surface area contributed by atoms with Crippen molar-refractivity contribution in [3.05, 3.63) is 94.2 Å². The van der Waals surface area contributed by atoms with Gasteiger partial charge < -0.3 is 15.0 Å². The van der Waals surface area contributed by atoms with Gasteiger partial charge in [-0.3, -0.25) is 0 Å². The first-order valence-corrected chi connectivity index (χ1v) is 12.5. The number of anilines is 1. The van der Waals surface area contributed by atoms with E-state index in [2.05, 4.69) is 81.2 Å². The van der Waals surface area contributed by atoms with Crippen molar-refractivity contribution in [2.75, 3.05) is 18.1 Å². The van der Waals surface area contributed by atoms with Gasteiger partial charge in [-0.05, 0) is 66.2 Å². The Labute approximate surface area is 198 Å². The van der Waals surface area contributed by atoms with E-state index in [1.807, 2.05) is 17.8 Å². The second-order valence-electron chi connectivity index (χ2n) is 8.85. The summed E-state index contributed by atoms with van der Waals surface area (Å²) in [5, 5.41) is 13.1. The molecule has 0 N–H and O–H groups in total. The number of hydrogen-bond donors (Lipinski definition) is 0. The molecular formula is C28H26N2O2S. The topological polar surface area (TPSA) is 39.4 Å². The number of aromatic nitrogens is 1. The van der Waals surface area contributed by atoms with Crippen LogP contribution in [0.25, 0.3) is 17.0 Å². The Hall–Kier alpha value is -2.86. The quantitative estimate of drug-likeness (QED) is 0.312. The fourth-order valence-electron chi connectivity index (χ4n) is 5.23. The minimum atomic E-state index is 0.163. The lowest BCUT2D eigenvalue weighted by atomic mass is 9.93. The van der Waals surface area contributed by atoms with Gasteiger partial charge in [0.05, 0.1) is 22.7 Å². The van der Waals surface area contributed by atoms with Gasteiger partial charge in [-0.1, -0.05) is 48.2 Å². The van der Waals surface area contributed by atoms with E-state index >= 15 is 0 Å². The van der Waals surface area contributed by atoms with E-state index in [0.29, 0.717) is 6.54 Å². The van der Waals surface area contributed by atoms with Crippen LogP contribution in [0.4, 0.5) is 5.69 Å². The molecular weight excluding hydrogens is 428 g/mol. The molecule has 0 saturated carbocycles. The van der Waals surface area contributed by atoms with Crippen LogP contribution in [0.15, 0.2) is 88.0 Å². The van der Waals surface area contributed by atoms with E-state index in [-0.39, 0.29) is 6.61 Å². The van der Waals surface area contributed by atoms with Crippen molar-refractivity contribution in [1.82, 2.24) is 0 Å². The summed E-state index contributed by atoms with van der Waals surface area (Å²) in [5.41, 5.74) is 8.05. The van der Waals surface area contributed by atoms with Crippen molar-refractivity contribution in [3.8, 4) is 0 Å². The van der Waals surface area contributed by atoms with Crippen LogP contribution in [0.5, 0.6) is 0 Å². The van der Waals surface area contributed by atoms with Crippen LogP contribution in [-0.4, -0.2) is 13.2 Å². The van der Waals surface area contributed by atoms with Gasteiger partial charge in [0, 0.05) is 23.6 Å². The number of nitrogens with zero attached hydrogens (tertiary/aromatic N) is 2. The molecule has 0 bridgehead atoms. The summed E-state index contributed by atoms with van der Waals surface area (Å²) in [5.74, 6) is 0. The lowest BCUT2D eigenvalue weighted by Gasteiger charge is -2.17. The van der Waals surface area contributed by atoms with Crippen molar-refractivity contribution in [3.63, 3.8) is 0 Å². The van der Waals surface area contributed by atoms with Gasteiger partial charge in [-0.2, -0.15) is 4.57 Å². The van der Waals surface area contributed by atoms with Gasteiger partial charge in [0.25, 0.3) is 0 Å². The largest absolute Gasteiger partial charge is 0.723 e. The molecule has 1 aromatic heterocycles. The number of rotatable bonds is 5. The maximum absolute atomic E-state index is 10.5. The van der Waals surface area contributed by atoms with Crippen LogP contribution in [0, 0.1) is 0 Å². The van der Waals surface area contributed by atoms with E-state index in [1.54, 1.807) is 0 Å². The van der Waals surface area contributed by atoms with Crippen molar-refractivity contribution < 1.29 is 14.7 Å². The number of allylic oxidation sites excluding steroid dienone is 4. The average molecular weight is 455 g/mol. The summed E-state index contributed by atoms with van der Waals surface area (Å²) in [6.07, 6.45) is 13.7. The molecule has 2 aromatic carbocycles. The first-order valence-electron chi connectivity index (χ1n) is 11.7. The Kier molecular flexibility index (Phi) is 5.54. The van der Waals surface area contributed by atoms with Crippen molar-refractivity contribution in [2.45, 2.75) is 37.1 Å². The number of benzene rings is 2. The average Bonchev–Trinajstić information content (AvgIpc) is 3.44. The molecule has 6 rings (SSSR count). The molecule has 0 saturated heterocycles.